The quantitative estimate of drug-likeness (QED) is 0.585. The van der Waals surface area contributed by atoms with E-state index >= 15 is 0 Å². The molecular formula is C8H13NO. The summed E-state index contributed by atoms with van der Waals surface area (Å²) in [5.74, 6) is 0. The molecule has 0 aliphatic heterocycles. The van der Waals surface area contributed by atoms with Gasteiger partial charge < -0.3 is 4.74 Å². The maximum Gasteiger partial charge on any atom is 0.154 e. The highest BCUT2D eigenvalue weighted by atomic mass is 16.5. The van der Waals surface area contributed by atoms with E-state index in [9.17, 15) is 0 Å². The van der Waals surface area contributed by atoms with Crippen molar-refractivity contribution in [1.82, 2.24) is 0 Å². The van der Waals surface area contributed by atoms with E-state index in [1.807, 2.05) is 6.92 Å². The Bertz CT molecular complexity index is 142. The van der Waals surface area contributed by atoms with Crippen LogP contribution in [0.1, 0.15) is 32.6 Å². The van der Waals surface area contributed by atoms with Crippen LogP contribution in [0.4, 0.5) is 0 Å². The summed E-state index contributed by atoms with van der Waals surface area (Å²) in [4.78, 5) is 0. The third-order valence-corrected chi connectivity index (χ3v) is 2.04. The van der Waals surface area contributed by atoms with Crippen molar-refractivity contribution in [3.05, 3.63) is 0 Å². The molecule has 0 radical (unpaired) electrons. The van der Waals surface area contributed by atoms with Gasteiger partial charge in [-0.1, -0.05) is 0 Å². The summed E-state index contributed by atoms with van der Waals surface area (Å²) in [5, 5.41) is 8.77. The molecule has 0 N–H and O–H groups in total. The van der Waals surface area contributed by atoms with Gasteiger partial charge in [0.05, 0.1) is 6.07 Å². The van der Waals surface area contributed by atoms with Crippen LogP contribution in [0.15, 0.2) is 0 Å². The van der Waals surface area contributed by atoms with Crippen LogP contribution in [0, 0.1) is 11.3 Å². The SMILES string of the molecule is CCOC1(C#N)CCCC1. The zero-order chi connectivity index (χ0) is 7.45. The van der Waals surface area contributed by atoms with Crippen LogP contribution in [0.2, 0.25) is 0 Å². The topological polar surface area (TPSA) is 33.0 Å². The fourth-order valence-corrected chi connectivity index (χ4v) is 1.51. The summed E-state index contributed by atoms with van der Waals surface area (Å²) in [7, 11) is 0. The molecule has 0 aromatic rings. The molecule has 10 heavy (non-hydrogen) atoms. The summed E-state index contributed by atoms with van der Waals surface area (Å²) in [6, 6.07) is 2.26. The fourth-order valence-electron chi connectivity index (χ4n) is 1.51. The monoisotopic (exact) mass is 139 g/mol. The highest BCUT2D eigenvalue weighted by molar-refractivity contribution is 5.04. The number of hydrogen-bond donors (Lipinski definition) is 0. The second-order valence-corrected chi connectivity index (χ2v) is 2.75. The predicted molar refractivity (Wildman–Crippen MR) is 38.4 cm³/mol. The van der Waals surface area contributed by atoms with Crippen molar-refractivity contribution in [3.63, 3.8) is 0 Å². The number of nitriles is 1. The van der Waals surface area contributed by atoms with Crippen LogP contribution in [0.5, 0.6) is 0 Å². The lowest BCUT2D eigenvalue weighted by Gasteiger charge is -2.19. The molecule has 1 fully saturated rings. The molecule has 2 nitrogen and oxygen atoms in total. The van der Waals surface area contributed by atoms with Crippen molar-refractivity contribution in [2.24, 2.45) is 0 Å². The lowest BCUT2D eigenvalue weighted by molar-refractivity contribution is 0.0110. The molecule has 1 aliphatic rings. The third kappa shape index (κ3) is 1.30. The van der Waals surface area contributed by atoms with Crippen molar-refractivity contribution in [1.29, 1.82) is 5.26 Å². The van der Waals surface area contributed by atoms with E-state index in [2.05, 4.69) is 6.07 Å². The van der Waals surface area contributed by atoms with E-state index in [1.54, 1.807) is 0 Å². The van der Waals surface area contributed by atoms with E-state index in [0.29, 0.717) is 6.61 Å². The van der Waals surface area contributed by atoms with E-state index in [-0.39, 0.29) is 0 Å². The largest absolute Gasteiger partial charge is 0.360 e. The minimum atomic E-state index is -0.408. The minimum Gasteiger partial charge on any atom is -0.360 e. The number of rotatable bonds is 2. The molecule has 0 amide bonds. The molecule has 0 aromatic carbocycles. The van der Waals surface area contributed by atoms with Gasteiger partial charge in [0, 0.05) is 6.61 Å². The fraction of sp³-hybridized carbons (Fsp3) is 0.875. The zero-order valence-electron chi connectivity index (χ0n) is 6.39. The molecule has 0 spiro atoms. The van der Waals surface area contributed by atoms with E-state index in [4.69, 9.17) is 10.00 Å². The molecule has 2 heteroatoms. The number of nitrogens with zero attached hydrogens (tertiary/aromatic N) is 1. The van der Waals surface area contributed by atoms with Crippen molar-refractivity contribution in [2.75, 3.05) is 6.61 Å². The van der Waals surface area contributed by atoms with Gasteiger partial charge in [0.25, 0.3) is 0 Å². The highest BCUT2D eigenvalue weighted by Gasteiger charge is 2.34. The third-order valence-electron chi connectivity index (χ3n) is 2.04. The van der Waals surface area contributed by atoms with Gasteiger partial charge in [0.15, 0.2) is 5.60 Å². The smallest absolute Gasteiger partial charge is 0.154 e. The van der Waals surface area contributed by atoms with Gasteiger partial charge in [-0.25, -0.2) is 0 Å². The van der Waals surface area contributed by atoms with Gasteiger partial charge in [-0.05, 0) is 32.6 Å². The van der Waals surface area contributed by atoms with E-state index in [0.717, 1.165) is 25.7 Å². The van der Waals surface area contributed by atoms with Crippen LogP contribution in [-0.2, 0) is 4.74 Å². The first-order valence-corrected chi connectivity index (χ1v) is 3.88. The van der Waals surface area contributed by atoms with Crippen molar-refractivity contribution in [2.45, 2.75) is 38.2 Å². The molecule has 0 bridgehead atoms. The lowest BCUT2D eigenvalue weighted by atomic mass is 10.1. The Kier molecular flexibility index (Phi) is 2.29. The van der Waals surface area contributed by atoms with Crippen LogP contribution in [0.3, 0.4) is 0 Å². The normalized spacial score (nSPS) is 22.4. The van der Waals surface area contributed by atoms with Crippen molar-refractivity contribution >= 4 is 0 Å². The Morgan fingerprint density at radius 1 is 1.50 bits per heavy atom. The lowest BCUT2D eigenvalue weighted by Crippen LogP contribution is -2.26. The van der Waals surface area contributed by atoms with E-state index in [1.165, 1.54) is 0 Å². The Morgan fingerprint density at radius 3 is 2.50 bits per heavy atom. The number of hydrogen-bond acceptors (Lipinski definition) is 2. The Hall–Kier alpha value is -0.550. The van der Waals surface area contributed by atoms with Gasteiger partial charge in [-0.2, -0.15) is 5.26 Å². The molecule has 1 rings (SSSR count). The van der Waals surface area contributed by atoms with Crippen LogP contribution >= 0.6 is 0 Å². The molecule has 0 saturated heterocycles. The molecule has 0 aromatic heterocycles. The average Bonchev–Trinajstić information content (AvgIpc) is 2.39. The first-order chi connectivity index (χ1) is 4.83. The second-order valence-electron chi connectivity index (χ2n) is 2.75. The highest BCUT2D eigenvalue weighted by Crippen LogP contribution is 2.32. The first kappa shape index (κ1) is 7.56. The molecule has 0 unspecified atom stereocenters. The second kappa shape index (κ2) is 3.03. The number of ether oxygens (including phenoxy) is 1. The average molecular weight is 139 g/mol. The van der Waals surface area contributed by atoms with Crippen LogP contribution in [-0.4, -0.2) is 12.2 Å². The zero-order valence-corrected chi connectivity index (χ0v) is 6.39. The molecule has 1 saturated carbocycles. The van der Waals surface area contributed by atoms with Gasteiger partial charge in [-0.15, -0.1) is 0 Å². The summed E-state index contributed by atoms with van der Waals surface area (Å²) in [5.41, 5.74) is -0.408. The summed E-state index contributed by atoms with van der Waals surface area (Å²) < 4.78 is 5.38. The van der Waals surface area contributed by atoms with Crippen LogP contribution in [0.25, 0.3) is 0 Å². The van der Waals surface area contributed by atoms with Crippen molar-refractivity contribution < 1.29 is 4.74 Å². The summed E-state index contributed by atoms with van der Waals surface area (Å²) in [6.45, 7) is 2.60. The summed E-state index contributed by atoms with van der Waals surface area (Å²) >= 11 is 0. The Labute approximate surface area is 61.8 Å². The molecular weight excluding hydrogens is 126 g/mol. The molecule has 0 heterocycles. The molecule has 0 atom stereocenters. The predicted octanol–water partition coefficient (Wildman–Crippen LogP) is 1.86. The van der Waals surface area contributed by atoms with Gasteiger partial charge >= 0.3 is 0 Å². The Morgan fingerprint density at radius 2 is 2.10 bits per heavy atom. The van der Waals surface area contributed by atoms with Gasteiger partial charge in [0.2, 0.25) is 0 Å². The van der Waals surface area contributed by atoms with Crippen LogP contribution < -0.4 is 0 Å². The van der Waals surface area contributed by atoms with Gasteiger partial charge in [0.1, 0.15) is 0 Å². The van der Waals surface area contributed by atoms with Crippen molar-refractivity contribution in [3.8, 4) is 6.07 Å². The molecule has 56 valence electrons. The maximum absolute atomic E-state index is 8.77. The van der Waals surface area contributed by atoms with E-state index < -0.39 is 5.60 Å². The van der Waals surface area contributed by atoms with Gasteiger partial charge in [-0.3, -0.25) is 0 Å². The standard InChI is InChI=1S/C8H13NO/c1-2-10-8(7-9)5-3-4-6-8/h2-6H2,1H3. The Balaban J connectivity index is 2.51. The first-order valence-electron chi connectivity index (χ1n) is 3.88. The minimum absolute atomic E-state index is 0.408. The maximum atomic E-state index is 8.77. The molecule has 1 aliphatic carbocycles. The summed E-state index contributed by atoms with van der Waals surface area (Å²) in [6.07, 6.45) is 4.15.